The molecule has 0 radical (unpaired) electrons. The molecule has 0 heterocycles. The zero-order valence-corrected chi connectivity index (χ0v) is 25.4. The Morgan fingerprint density at radius 1 is 1.12 bits per heavy atom. The van der Waals surface area contributed by atoms with Crippen molar-refractivity contribution in [3.63, 3.8) is 0 Å². The number of allylic oxidation sites excluding steroid dienone is 3. The molecule has 216 valence electrons. The first-order chi connectivity index (χ1) is 19.3. The molecule has 0 aliphatic heterocycles. The van der Waals surface area contributed by atoms with E-state index in [4.69, 9.17) is 5.73 Å². The number of fused-ring (bicyclic) bond motifs is 3. The molecule has 5 N–H and O–H groups in total. The molecular weight excluding hydrogens is 506 g/mol. The van der Waals surface area contributed by atoms with Crippen LogP contribution in [0.2, 0.25) is 0 Å². The Morgan fingerprint density at radius 2 is 1.78 bits per heavy atom. The highest BCUT2D eigenvalue weighted by atomic mass is 16.3. The van der Waals surface area contributed by atoms with Crippen molar-refractivity contribution < 1.29 is 10.2 Å². The molecule has 4 atom stereocenters. The van der Waals surface area contributed by atoms with Crippen LogP contribution in [0.3, 0.4) is 0 Å². The van der Waals surface area contributed by atoms with Gasteiger partial charge in [-0.05, 0) is 102 Å². The van der Waals surface area contributed by atoms with E-state index < -0.39 is 11.6 Å². The van der Waals surface area contributed by atoms with Crippen LogP contribution in [0.1, 0.15) is 49.4 Å². The van der Waals surface area contributed by atoms with Gasteiger partial charge in [-0.15, -0.1) is 0 Å². The maximum atomic E-state index is 12.5. The summed E-state index contributed by atoms with van der Waals surface area (Å²) in [4.78, 5) is 1.97. The minimum atomic E-state index is -1.36. The molecule has 5 rings (SSSR count). The number of nitrogens with zero attached hydrogens (tertiary/aromatic N) is 1. The third-order valence-corrected chi connectivity index (χ3v) is 9.59. The molecule has 3 aliphatic carbocycles. The summed E-state index contributed by atoms with van der Waals surface area (Å²) < 4.78 is 0. The van der Waals surface area contributed by atoms with Gasteiger partial charge in [0.15, 0.2) is 0 Å². The number of aliphatic hydroxyl groups is 2. The highest BCUT2D eigenvalue weighted by molar-refractivity contribution is 5.89. The van der Waals surface area contributed by atoms with Gasteiger partial charge in [0.1, 0.15) is 11.4 Å². The average Bonchev–Trinajstić information content (AvgIpc) is 2.89. The third-order valence-electron chi connectivity index (χ3n) is 9.59. The minimum Gasteiger partial charge on any atom is -0.510 e. The molecule has 3 aliphatic rings. The normalized spacial score (nSPS) is 25.9. The van der Waals surface area contributed by atoms with Gasteiger partial charge < -0.3 is 21.3 Å². The van der Waals surface area contributed by atoms with E-state index in [0.29, 0.717) is 23.6 Å². The Kier molecular flexibility index (Phi) is 7.44. The second-order valence-corrected chi connectivity index (χ2v) is 12.7. The summed E-state index contributed by atoms with van der Waals surface area (Å²) in [5, 5.41) is 27.4. The molecule has 2 aromatic rings. The molecule has 0 aromatic heterocycles. The maximum Gasteiger partial charge on any atom is 0.119 e. The van der Waals surface area contributed by atoms with Crippen molar-refractivity contribution in [1.29, 1.82) is 0 Å². The van der Waals surface area contributed by atoms with E-state index in [2.05, 4.69) is 82.2 Å². The number of aliphatic hydroxyl groups excluding tert-OH is 1. The number of hydrogen-bond acceptors (Lipinski definition) is 5. The van der Waals surface area contributed by atoms with E-state index in [9.17, 15) is 10.2 Å². The van der Waals surface area contributed by atoms with Gasteiger partial charge in [-0.1, -0.05) is 70.0 Å². The lowest BCUT2D eigenvalue weighted by Gasteiger charge is -2.54. The summed E-state index contributed by atoms with van der Waals surface area (Å²) in [6.07, 6.45) is 1.53. The Morgan fingerprint density at radius 3 is 2.37 bits per heavy atom. The number of aryl methyl sites for hydroxylation is 1. The van der Waals surface area contributed by atoms with Crippen molar-refractivity contribution in [2.24, 2.45) is 17.6 Å². The molecule has 0 amide bonds. The van der Waals surface area contributed by atoms with E-state index in [-0.39, 0.29) is 23.3 Å². The van der Waals surface area contributed by atoms with Crippen molar-refractivity contribution in [3.8, 4) is 11.1 Å². The molecule has 0 bridgehead atoms. The van der Waals surface area contributed by atoms with Crippen LogP contribution in [-0.4, -0.2) is 46.9 Å². The van der Waals surface area contributed by atoms with Crippen LogP contribution in [0.25, 0.3) is 16.7 Å². The summed E-state index contributed by atoms with van der Waals surface area (Å²) in [7, 11) is 3.86. The largest absolute Gasteiger partial charge is 0.510 e. The van der Waals surface area contributed by atoms with E-state index in [1.54, 1.807) is 0 Å². The van der Waals surface area contributed by atoms with Gasteiger partial charge in [-0.3, -0.25) is 4.90 Å². The molecule has 0 saturated carbocycles. The van der Waals surface area contributed by atoms with Crippen LogP contribution < -0.4 is 11.1 Å². The minimum absolute atomic E-state index is 0.136. The quantitative estimate of drug-likeness (QED) is 0.344. The number of nitrogens with one attached hydrogen (secondary N) is 1. The number of rotatable bonds is 6. The maximum absolute atomic E-state index is 12.5. The van der Waals surface area contributed by atoms with Crippen LogP contribution in [0.5, 0.6) is 0 Å². The lowest BCUT2D eigenvalue weighted by Crippen LogP contribution is -2.58. The van der Waals surface area contributed by atoms with E-state index in [1.165, 1.54) is 33.4 Å². The monoisotopic (exact) mass is 551 g/mol. The van der Waals surface area contributed by atoms with Gasteiger partial charge in [-0.2, -0.15) is 0 Å². The molecule has 5 heteroatoms. The van der Waals surface area contributed by atoms with E-state index >= 15 is 0 Å². The Bertz CT molecular complexity index is 1510. The van der Waals surface area contributed by atoms with Crippen molar-refractivity contribution in [3.05, 3.63) is 112 Å². The Hall–Kier alpha value is -3.38. The standard InChI is InChI=1S/C36H45N3O2/c1-19(2)38-18-25-11-13-26(14-12-25)28-15-10-20(3)31-21(4)32-22(5)36(41)23(6)33(24(7)37)35(40)34(39(8)9)30(36)17-27(32)16-29(28)31/h10-15,19,27,30,34,38,40-41H,4,6-7,16-18,37H2,1-3,5,8-9H3/t27-,30-,34?,36-/m0/s1. The predicted molar refractivity (Wildman–Crippen MR) is 170 cm³/mol. The van der Waals surface area contributed by atoms with Crippen LogP contribution in [0.4, 0.5) is 0 Å². The Balaban J connectivity index is 1.62. The number of likely N-dealkylation sites (N-methyl/N-ethyl adjacent to an activating group) is 1. The van der Waals surface area contributed by atoms with E-state index in [0.717, 1.165) is 29.7 Å². The van der Waals surface area contributed by atoms with Gasteiger partial charge in [-0.25, -0.2) is 0 Å². The van der Waals surface area contributed by atoms with E-state index in [1.807, 2.05) is 25.9 Å². The highest BCUT2D eigenvalue weighted by Gasteiger charge is 2.57. The first kappa shape index (κ1) is 29.1. The average molecular weight is 552 g/mol. The smallest absolute Gasteiger partial charge is 0.119 e. The summed E-state index contributed by atoms with van der Waals surface area (Å²) in [5.41, 5.74) is 16.1. The topological polar surface area (TPSA) is 81.8 Å². The second kappa shape index (κ2) is 10.5. The predicted octanol–water partition coefficient (Wildman–Crippen LogP) is 6.20. The molecule has 5 nitrogen and oxygen atoms in total. The number of nitrogens with two attached hydrogens (primary N) is 1. The Labute approximate surface area is 245 Å². The van der Waals surface area contributed by atoms with Gasteiger partial charge in [0.05, 0.1) is 6.04 Å². The van der Waals surface area contributed by atoms with Gasteiger partial charge in [0, 0.05) is 29.8 Å². The second-order valence-electron chi connectivity index (χ2n) is 12.7. The zero-order valence-electron chi connectivity index (χ0n) is 25.4. The zero-order chi connectivity index (χ0) is 30.0. The molecule has 0 fully saturated rings. The van der Waals surface area contributed by atoms with Gasteiger partial charge in [0.25, 0.3) is 0 Å². The summed E-state index contributed by atoms with van der Waals surface area (Å²) >= 11 is 0. The fraction of sp³-hybridized carbons (Fsp3) is 0.389. The molecular formula is C36H45N3O2. The van der Waals surface area contributed by atoms with Crippen LogP contribution >= 0.6 is 0 Å². The first-order valence-corrected chi connectivity index (χ1v) is 14.6. The van der Waals surface area contributed by atoms with Crippen LogP contribution in [0.15, 0.2) is 89.9 Å². The summed E-state index contributed by atoms with van der Waals surface area (Å²) in [6, 6.07) is 13.3. The fourth-order valence-corrected chi connectivity index (χ4v) is 7.67. The summed E-state index contributed by atoms with van der Waals surface area (Å²) in [5.74, 6) is -0.00439. The van der Waals surface area contributed by atoms with Crippen LogP contribution in [0, 0.1) is 18.8 Å². The fourth-order valence-electron chi connectivity index (χ4n) is 7.67. The van der Waals surface area contributed by atoms with Crippen molar-refractivity contribution in [1.82, 2.24) is 10.2 Å². The number of benzene rings is 2. The molecule has 0 saturated heterocycles. The third kappa shape index (κ3) is 4.51. The van der Waals surface area contributed by atoms with Crippen molar-refractivity contribution in [2.75, 3.05) is 14.1 Å². The molecule has 41 heavy (non-hydrogen) atoms. The lowest BCUT2D eigenvalue weighted by atomic mass is 9.55. The summed E-state index contributed by atoms with van der Waals surface area (Å²) in [6.45, 7) is 22.1. The molecule has 0 spiro atoms. The highest BCUT2D eigenvalue weighted by Crippen LogP contribution is 2.58. The molecule has 2 aromatic carbocycles. The van der Waals surface area contributed by atoms with Crippen molar-refractivity contribution >= 4 is 5.57 Å². The van der Waals surface area contributed by atoms with Gasteiger partial charge >= 0.3 is 0 Å². The molecule has 1 unspecified atom stereocenters. The van der Waals surface area contributed by atoms with Crippen LogP contribution in [-0.2, 0) is 13.0 Å². The first-order valence-electron chi connectivity index (χ1n) is 14.6. The van der Waals surface area contributed by atoms with Crippen molar-refractivity contribution in [2.45, 2.75) is 64.8 Å². The number of hydrogen-bond donors (Lipinski definition) is 4. The SMILES string of the molecule is C=C(N)C1=C(O)C(N(C)C)[C@@H]2C[C@@H]3Cc4c(-c5ccc(CNC(C)C)cc5)ccc(C)c4C(=C)C3=C(C)[C@]2(O)C1=C. The lowest BCUT2D eigenvalue weighted by molar-refractivity contribution is -0.0178. The van der Waals surface area contributed by atoms with Gasteiger partial charge in [0.2, 0.25) is 0 Å².